The van der Waals surface area contributed by atoms with Crippen LogP contribution in [0.15, 0.2) is 6.20 Å². The standard InChI is InChI=1S/C12H16ClN5OS/c1-4-8-6-14-9(20-8)7(3)15-11-16-10(13)17-12(18-11)19-5-2/h6-7H,4-5H2,1-3H3,(H,15,16,17,18). The molecule has 0 aromatic carbocycles. The third-order valence-electron chi connectivity index (χ3n) is 2.50. The first-order chi connectivity index (χ1) is 9.62. The lowest BCUT2D eigenvalue weighted by Gasteiger charge is -2.11. The third-order valence-corrected chi connectivity index (χ3v) is 3.99. The number of hydrogen-bond donors (Lipinski definition) is 1. The zero-order valence-corrected chi connectivity index (χ0v) is 13.1. The Kier molecular flexibility index (Phi) is 5.08. The van der Waals surface area contributed by atoms with E-state index < -0.39 is 0 Å². The Hall–Kier alpha value is -1.47. The quantitative estimate of drug-likeness (QED) is 0.883. The lowest BCUT2D eigenvalue weighted by Crippen LogP contribution is -2.11. The molecule has 0 bridgehead atoms. The molecule has 1 N–H and O–H groups in total. The van der Waals surface area contributed by atoms with E-state index >= 15 is 0 Å². The monoisotopic (exact) mass is 313 g/mol. The summed E-state index contributed by atoms with van der Waals surface area (Å²) in [6.07, 6.45) is 2.88. The highest BCUT2D eigenvalue weighted by Crippen LogP contribution is 2.23. The van der Waals surface area contributed by atoms with Gasteiger partial charge in [-0.25, -0.2) is 4.98 Å². The van der Waals surface area contributed by atoms with Gasteiger partial charge in [-0.15, -0.1) is 11.3 Å². The summed E-state index contributed by atoms with van der Waals surface area (Å²) >= 11 is 7.52. The van der Waals surface area contributed by atoms with Crippen LogP contribution in [0.25, 0.3) is 0 Å². The maximum absolute atomic E-state index is 5.85. The molecule has 0 aliphatic heterocycles. The molecule has 2 aromatic rings. The molecule has 0 saturated heterocycles. The van der Waals surface area contributed by atoms with Crippen molar-refractivity contribution in [3.63, 3.8) is 0 Å². The summed E-state index contributed by atoms with van der Waals surface area (Å²) in [5.74, 6) is 0.384. The summed E-state index contributed by atoms with van der Waals surface area (Å²) in [5, 5.41) is 4.24. The van der Waals surface area contributed by atoms with E-state index in [9.17, 15) is 0 Å². The zero-order valence-electron chi connectivity index (χ0n) is 11.6. The molecule has 2 rings (SSSR count). The molecule has 0 aliphatic rings. The molecule has 6 nitrogen and oxygen atoms in total. The first kappa shape index (κ1) is 14.9. The maximum atomic E-state index is 5.85. The van der Waals surface area contributed by atoms with Crippen molar-refractivity contribution in [2.75, 3.05) is 11.9 Å². The molecule has 0 aliphatic carbocycles. The molecule has 108 valence electrons. The van der Waals surface area contributed by atoms with Gasteiger partial charge in [-0.05, 0) is 31.9 Å². The highest BCUT2D eigenvalue weighted by atomic mass is 35.5. The summed E-state index contributed by atoms with van der Waals surface area (Å²) in [5.41, 5.74) is 0. The minimum absolute atomic E-state index is 0.00626. The van der Waals surface area contributed by atoms with Gasteiger partial charge in [0.2, 0.25) is 11.2 Å². The number of halogens is 1. The molecule has 0 amide bonds. The fourth-order valence-electron chi connectivity index (χ4n) is 1.53. The Labute approximate surface area is 126 Å². The van der Waals surface area contributed by atoms with Crippen LogP contribution in [0.4, 0.5) is 5.95 Å². The van der Waals surface area contributed by atoms with Gasteiger partial charge in [0, 0.05) is 11.1 Å². The van der Waals surface area contributed by atoms with E-state index in [4.69, 9.17) is 16.3 Å². The number of nitrogens with zero attached hydrogens (tertiary/aromatic N) is 4. The second kappa shape index (κ2) is 6.81. The number of ether oxygens (including phenoxy) is 1. The fourth-order valence-corrected chi connectivity index (χ4v) is 2.54. The van der Waals surface area contributed by atoms with E-state index in [0.29, 0.717) is 12.6 Å². The van der Waals surface area contributed by atoms with Gasteiger partial charge in [0.15, 0.2) is 0 Å². The van der Waals surface area contributed by atoms with Crippen LogP contribution in [0, 0.1) is 0 Å². The number of nitrogens with one attached hydrogen (secondary N) is 1. The van der Waals surface area contributed by atoms with Gasteiger partial charge >= 0.3 is 6.01 Å². The van der Waals surface area contributed by atoms with E-state index in [0.717, 1.165) is 11.4 Å². The Balaban J connectivity index is 2.12. The van der Waals surface area contributed by atoms with E-state index in [1.165, 1.54) is 4.88 Å². The second-order valence-electron chi connectivity index (χ2n) is 4.03. The molecular weight excluding hydrogens is 298 g/mol. The summed E-state index contributed by atoms with van der Waals surface area (Å²) in [6, 6.07) is 0.212. The summed E-state index contributed by atoms with van der Waals surface area (Å²) in [7, 11) is 0. The molecule has 0 spiro atoms. The van der Waals surface area contributed by atoms with Crippen molar-refractivity contribution in [2.24, 2.45) is 0 Å². The molecule has 0 saturated carbocycles. The smallest absolute Gasteiger partial charge is 0.322 e. The van der Waals surface area contributed by atoms with Crippen LogP contribution in [-0.2, 0) is 6.42 Å². The molecule has 1 unspecified atom stereocenters. The molecule has 1 atom stereocenters. The second-order valence-corrected chi connectivity index (χ2v) is 5.51. The van der Waals surface area contributed by atoms with Crippen LogP contribution in [0.2, 0.25) is 5.28 Å². The first-order valence-electron chi connectivity index (χ1n) is 6.37. The van der Waals surface area contributed by atoms with Crippen molar-refractivity contribution in [2.45, 2.75) is 33.2 Å². The van der Waals surface area contributed by atoms with Crippen LogP contribution in [0.3, 0.4) is 0 Å². The van der Waals surface area contributed by atoms with Crippen molar-refractivity contribution in [1.82, 2.24) is 19.9 Å². The molecular formula is C12H16ClN5OS. The Morgan fingerprint density at radius 3 is 2.80 bits per heavy atom. The van der Waals surface area contributed by atoms with Gasteiger partial charge in [-0.3, -0.25) is 0 Å². The van der Waals surface area contributed by atoms with Crippen molar-refractivity contribution in [1.29, 1.82) is 0 Å². The van der Waals surface area contributed by atoms with Crippen LogP contribution in [-0.4, -0.2) is 26.5 Å². The zero-order chi connectivity index (χ0) is 14.5. The van der Waals surface area contributed by atoms with Gasteiger partial charge in [0.25, 0.3) is 0 Å². The number of hydrogen-bond acceptors (Lipinski definition) is 7. The van der Waals surface area contributed by atoms with E-state index in [1.807, 2.05) is 20.0 Å². The summed E-state index contributed by atoms with van der Waals surface area (Å²) in [6.45, 7) is 6.43. The minimum Gasteiger partial charge on any atom is -0.464 e. The summed E-state index contributed by atoms with van der Waals surface area (Å²) < 4.78 is 5.24. The minimum atomic E-state index is -0.00626. The van der Waals surface area contributed by atoms with Crippen LogP contribution < -0.4 is 10.1 Å². The topological polar surface area (TPSA) is 72.8 Å². The molecule has 20 heavy (non-hydrogen) atoms. The number of aromatic nitrogens is 4. The van der Waals surface area contributed by atoms with Gasteiger partial charge in [0.05, 0.1) is 12.6 Å². The molecule has 0 fully saturated rings. The molecule has 0 radical (unpaired) electrons. The van der Waals surface area contributed by atoms with E-state index in [1.54, 1.807) is 11.3 Å². The van der Waals surface area contributed by atoms with Crippen LogP contribution in [0.1, 0.15) is 36.7 Å². The Morgan fingerprint density at radius 2 is 2.15 bits per heavy atom. The van der Waals surface area contributed by atoms with Crippen LogP contribution in [0.5, 0.6) is 6.01 Å². The third kappa shape index (κ3) is 3.77. The summed E-state index contributed by atoms with van der Waals surface area (Å²) in [4.78, 5) is 17.7. The molecule has 2 aromatic heterocycles. The number of rotatable bonds is 6. The number of aryl methyl sites for hydroxylation is 1. The Morgan fingerprint density at radius 1 is 1.35 bits per heavy atom. The highest BCUT2D eigenvalue weighted by Gasteiger charge is 2.13. The molecule has 8 heteroatoms. The van der Waals surface area contributed by atoms with Gasteiger partial charge < -0.3 is 10.1 Å². The normalized spacial score (nSPS) is 12.2. The van der Waals surface area contributed by atoms with Gasteiger partial charge in [0.1, 0.15) is 5.01 Å². The first-order valence-corrected chi connectivity index (χ1v) is 7.57. The Bertz CT molecular complexity index is 577. The predicted molar refractivity (Wildman–Crippen MR) is 79.5 cm³/mol. The van der Waals surface area contributed by atoms with Crippen LogP contribution >= 0.6 is 22.9 Å². The SMILES string of the molecule is CCOc1nc(Cl)nc(NC(C)c2ncc(CC)s2)n1. The fraction of sp³-hybridized carbons (Fsp3) is 0.500. The average Bonchev–Trinajstić information content (AvgIpc) is 2.87. The highest BCUT2D eigenvalue weighted by molar-refractivity contribution is 7.11. The van der Waals surface area contributed by atoms with Gasteiger partial charge in [-0.1, -0.05) is 6.92 Å². The lowest BCUT2D eigenvalue weighted by molar-refractivity contribution is 0.312. The number of anilines is 1. The number of thiazole rings is 1. The average molecular weight is 314 g/mol. The van der Waals surface area contributed by atoms with Crippen molar-refractivity contribution < 1.29 is 4.74 Å². The van der Waals surface area contributed by atoms with Crippen molar-refractivity contribution >= 4 is 28.9 Å². The van der Waals surface area contributed by atoms with Crippen molar-refractivity contribution in [3.05, 3.63) is 21.4 Å². The van der Waals surface area contributed by atoms with Crippen molar-refractivity contribution in [3.8, 4) is 6.01 Å². The van der Waals surface area contributed by atoms with E-state index in [2.05, 4.69) is 32.2 Å². The molecule has 2 heterocycles. The maximum Gasteiger partial charge on any atom is 0.322 e. The lowest BCUT2D eigenvalue weighted by atomic mass is 10.3. The van der Waals surface area contributed by atoms with Gasteiger partial charge in [-0.2, -0.15) is 15.0 Å². The largest absolute Gasteiger partial charge is 0.464 e. The predicted octanol–water partition coefficient (Wildman–Crippen LogP) is 3.12. The van der Waals surface area contributed by atoms with E-state index in [-0.39, 0.29) is 17.3 Å².